The predicted octanol–water partition coefficient (Wildman–Crippen LogP) is 3.62. The molecule has 0 N–H and O–H groups in total. The van der Waals surface area contributed by atoms with Crippen molar-refractivity contribution in [2.24, 2.45) is 0 Å². The van der Waals surface area contributed by atoms with E-state index in [2.05, 4.69) is 0 Å². The Kier molecular flexibility index (Phi) is 4.50. The second kappa shape index (κ2) is 6.84. The Hall–Kier alpha value is -2.62. The summed E-state index contributed by atoms with van der Waals surface area (Å²) in [6.45, 7) is 3.38. The van der Waals surface area contributed by atoms with Gasteiger partial charge in [-0.15, -0.1) is 0 Å². The van der Waals surface area contributed by atoms with E-state index in [9.17, 15) is 9.59 Å². The zero-order valence-corrected chi connectivity index (χ0v) is 16.0. The number of likely N-dealkylation sites (tertiary alicyclic amines) is 2. The van der Waals surface area contributed by atoms with Crippen LogP contribution in [-0.4, -0.2) is 47.3 Å². The molecule has 0 unspecified atom stereocenters. The molecule has 0 bridgehead atoms. The SMILES string of the molecule is Cc1ccccc1C(=O)N1CCC2(CC1)C[C@@H](c1ccccc1)C(=O)N2C. The lowest BCUT2D eigenvalue weighted by Gasteiger charge is -2.43. The summed E-state index contributed by atoms with van der Waals surface area (Å²) in [6, 6.07) is 17.8. The summed E-state index contributed by atoms with van der Waals surface area (Å²) >= 11 is 0. The number of piperidine rings is 1. The first-order valence-corrected chi connectivity index (χ1v) is 9.69. The van der Waals surface area contributed by atoms with Crippen molar-refractivity contribution in [1.82, 2.24) is 9.80 Å². The molecule has 2 aliphatic rings. The van der Waals surface area contributed by atoms with Gasteiger partial charge >= 0.3 is 0 Å². The van der Waals surface area contributed by atoms with E-state index in [1.807, 2.05) is 78.4 Å². The molecule has 4 nitrogen and oxygen atoms in total. The van der Waals surface area contributed by atoms with Crippen molar-refractivity contribution in [3.8, 4) is 0 Å². The van der Waals surface area contributed by atoms with E-state index in [4.69, 9.17) is 0 Å². The van der Waals surface area contributed by atoms with Gasteiger partial charge in [0, 0.05) is 31.2 Å². The van der Waals surface area contributed by atoms with Crippen molar-refractivity contribution in [3.63, 3.8) is 0 Å². The average Bonchev–Trinajstić information content (AvgIpc) is 2.94. The molecular formula is C23H26N2O2. The van der Waals surface area contributed by atoms with E-state index in [0.29, 0.717) is 13.1 Å². The van der Waals surface area contributed by atoms with Gasteiger partial charge in [0.15, 0.2) is 0 Å². The van der Waals surface area contributed by atoms with Crippen molar-refractivity contribution < 1.29 is 9.59 Å². The molecule has 0 saturated carbocycles. The Morgan fingerprint density at radius 1 is 1.00 bits per heavy atom. The van der Waals surface area contributed by atoms with Crippen LogP contribution in [0.2, 0.25) is 0 Å². The molecule has 0 aliphatic carbocycles. The van der Waals surface area contributed by atoms with Crippen molar-refractivity contribution >= 4 is 11.8 Å². The van der Waals surface area contributed by atoms with Crippen LogP contribution in [-0.2, 0) is 4.79 Å². The van der Waals surface area contributed by atoms with Gasteiger partial charge < -0.3 is 9.80 Å². The molecule has 4 heteroatoms. The molecule has 2 aromatic carbocycles. The zero-order chi connectivity index (χ0) is 19.0. The predicted molar refractivity (Wildman–Crippen MR) is 106 cm³/mol. The van der Waals surface area contributed by atoms with E-state index < -0.39 is 0 Å². The molecule has 4 rings (SSSR count). The molecule has 0 aromatic heterocycles. The molecule has 2 fully saturated rings. The lowest BCUT2D eigenvalue weighted by Crippen LogP contribution is -2.52. The Bertz CT molecular complexity index is 854. The number of carbonyl (C=O) groups excluding carboxylic acids is 2. The fourth-order valence-corrected chi connectivity index (χ4v) is 4.67. The third-order valence-corrected chi connectivity index (χ3v) is 6.48. The fourth-order valence-electron chi connectivity index (χ4n) is 4.67. The number of aryl methyl sites for hydroxylation is 1. The third-order valence-electron chi connectivity index (χ3n) is 6.48. The summed E-state index contributed by atoms with van der Waals surface area (Å²) in [5, 5.41) is 0. The molecule has 2 aromatic rings. The number of benzene rings is 2. The number of amides is 2. The highest BCUT2D eigenvalue weighted by Crippen LogP contribution is 2.45. The Labute approximate surface area is 160 Å². The van der Waals surface area contributed by atoms with Gasteiger partial charge in [-0.25, -0.2) is 0 Å². The minimum Gasteiger partial charge on any atom is -0.339 e. The molecule has 0 radical (unpaired) electrons. The number of carbonyl (C=O) groups is 2. The van der Waals surface area contributed by atoms with Crippen molar-refractivity contribution in [1.29, 1.82) is 0 Å². The van der Waals surface area contributed by atoms with Crippen LogP contribution in [0, 0.1) is 6.92 Å². The first kappa shape index (κ1) is 17.8. The molecular weight excluding hydrogens is 336 g/mol. The normalized spacial score (nSPS) is 21.7. The number of likely N-dealkylation sites (N-methyl/N-ethyl adjacent to an activating group) is 1. The largest absolute Gasteiger partial charge is 0.339 e. The van der Waals surface area contributed by atoms with Crippen LogP contribution >= 0.6 is 0 Å². The minimum absolute atomic E-state index is 0.0604. The van der Waals surface area contributed by atoms with Crippen molar-refractivity contribution in [2.45, 2.75) is 37.6 Å². The Morgan fingerprint density at radius 2 is 1.63 bits per heavy atom. The summed E-state index contributed by atoms with van der Waals surface area (Å²) in [5.41, 5.74) is 2.77. The standard InChI is InChI=1S/C23H26N2O2/c1-17-8-6-7-11-19(17)22(27)25-14-12-23(13-15-25)16-20(21(26)24(23)2)18-9-4-3-5-10-18/h3-11,20H,12-16H2,1-2H3/t20-/m0/s1. The van der Waals surface area contributed by atoms with Crippen molar-refractivity contribution in [2.75, 3.05) is 20.1 Å². The second-order valence-electron chi connectivity index (χ2n) is 7.90. The summed E-state index contributed by atoms with van der Waals surface area (Å²) < 4.78 is 0. The van der Waals surface area contributed by atoms with Gasteiger partial charge in [0.2, 0.25) is 5.91 Å². The van der Waals surface area contributed by atoms with Crippen LogP contribution in [0.1, 0.15) is 46.7 Å². The monoisotopic (exact) mass is 362 g/mol. The molecule has 1 atom stereocenters. The molecule has 1 spiro atoms. The summed E-state index contributed by atoms with van der Waals surface area (Å²) in [5.74, 6) is 0.254. The van der Waals surface area contributed by atoms with Crippen LogP contribution in [0.4, 0.5) is 0 Å². The Morgan fingerprint density at radius 3 is 2.30 bits per heavy atom. The van der Waals surface area contributed by atoms with Gasteiger partial charge in [-0.1, -0.05) is 48.5 Å². The van der Waals surface area contributed by atoms with Crippen molar-refractivity contribution in [3.05, 3.63) is 71.3 Å². The van der Waals surface area contributed by atoms with E-state index in [-0.39, 0.29) is 23.3 Å². The van der Waals surface area contributed by atoms with Gasteiger partial charge in [-0.2, -0.15) is 0 Å². The minimum atomic E-state index is -0.125. The highest BCUT2D eigenvalue weighted by molar-refractivity contribution is 5.95. The van der Waals surface area contributed by atoms with Crippen LogP contribution in [0.25, 0.3) is 0 Å². The molecule has 140 valence electrons. The highest BCUT2D eigenvalue weighted by Gasteiger charge is 2.50. The van der Waals surface area contributed by atoms with Gasteiger partial charge in [0.05, 0.1) is 5.92 Å². The number of hydrogen-bond acceptors (Lipinski definition) is 2. The summed E-state index contributed by atoms with van der Waals surface area (Å²) in [7, 11) is 1.93. The smallest absolute Gasteiger partial charge is 0.254 e. The second-order valence-corrected chi connectivity index (χ2v) is 7.90. The van der Waals surface area contributed by atoms with Gasteiger partial charge in [0.25, 0.3) is 5.91 Å². The number of hydrogen-bond donors (Lipinski definition) is 0. The maximum Gasteiger partial charge on any atom is 0.254 e. The van der Waals surface area contributed by atoms with E-state index in [0.717, 1.165) is 36.0 Å². The van der Waals surface area contributed by atoms with Crippen LogP contribution in [0.5, 0.6) is 0 Å². The van der Waals surface area contributed by atoms with E-state index in [1.54, 1.807) is 0 Å². The topological polar surface area (TPSA) is 40.6 Å². The maximum absolute atomic E-state index is 12.9. The lowest BCUT2D eigenvalue weighted by molar-refractivity contribution is -0.131. The Balaban J connectivity index is 1.49. The van der Waals surface area contributed by atoms with Crippen LogP contribution < -0.4 is 0 Å². The third kappa shape index (κ3) is 3.03. The van der Waals surface area contributed by atoms with E-state index >= 15 is 0 Å². The van der Waals surface area contributed by atoms with E-state index in [1.165, 1.54) is 0 Å². The summed E-state index contributed by atoms with van der Waals surface area (Å²) in [4.78, 5) is 29.7. The molecule has 2 heterocycles. The van der Waals surface area contributed by atoms with Gasteiger partial charge in [-0.3, -0.25) is 9.59 Å². The molecule has 2 saturated heterocycles. The zero-order valence-electron chi connectivity index (χ0n) is 16.0. The molecule has 2 aliphatic heterocycles. The molecule has 27 heavy (non-hydrogen) atoms. The first-order valence-electron chi connectivity index (χ1n) is 9.69. The van der Waals surface area contributed by atoms with Gasteiger partial charge in [-0.05, 0) is 43.4 Å². The number of rotatable bonds is 2. The van der Waals surface area contributed by atoms with Crippen LogP contribution in [0.15, 0.2) is 54.6 Å². The van der Waals surface area contributed by atoms with Crippen LogP contribution in [0.3, 0.4) is 0 Å². The molecule has 2 amide bonds. The highest BCUT2D eigenvalue weighted by atomic mass is 16.2. The summed E-state index contributed by atoms with van der Waals surface area (Å²) in [6.07, 6.45) is 2.53. The fraction of sp³-hybridized carbons (Fsp3) is 0.391. The number of nitrogens with zero attached hydrogens (tertiary/aromatic N) is 2. The maximum atomic E-state index is 12.9. The average molecular weight is 362 g/mol. The first-order chi connectivity index (χ1) is 13.0. The lowest BCUT2D eigenvalue weighted by atomic mass is 9.81. The van der Waals surface area contributed by atoms with Gasteiger partial charge in [0.1, 0.15) is 0 Å². The quantitative estimate of drug-likeness (QED) is 0.819.